The Labute approximate surface area is 109 Å². The average molecular weight is 249 g/mol. The van der Waals surface area contributed by atoms with Crippen molar-refractivity contribution in [2.24, 2.45) is 5.92 Å². The smallest absolute Gasteiger partial charge is 0.161 e. The Morgan fingerprint density at radius 1 is 1.22 bits per heavy atom. The van der Waals surface area contributed by atoms with Crippen LogP contribution in [0, 0.1) is 5.92 Å². The van der Waals surface area contributed by atoms with E-state index in [4.69, 9.17) is 9.47 Å². The van der Waals surface area contributed by atoms with E-state index < -0.39 is 0 Å². The van der Waals surface area contributed by atoms with Gasteiger partial charge in [-0.15, -0.1) is 0 Å². The largest absolute Gasteiger partial charge is 0.490 e. The molecule has 1 aromatic rings. The summed E-state index contributed by atoms with van der Waals surface area (Å²) in [6.07, 6.45) is 3.97. The van der Waals surface area contributed by atoms with E-state index in [9.17, 15) is 0 Å². The summed E-state index contributed by atoms with van der Waals surface area (Å²) in [5.74, 6) is 2.49. The second-order valence-electron chi connectivity index (χ2n) is 4.85. The van der Waals surface area contributed by atoms with Gasteiger partial charge in [-0.2, -0.15) is 0 Å². The highest BCUT2D eigenvalue weighted by Gasteiger charge is 2.18. The van der Waals surface area contributed by atoms with Crippen molar-refractivity contribution in [3.63, 3.8) is 0 Å². The quantitative estimate of drug-likeness (QED) is 0.806. The zero-order chi connectivity index (χ0) is 12.8. The number of hydrogen-bond donors (Lipinski definition) is 1. The van der Waals surface area contributed by atoms with Gasteiger partial charge in [0.15, 0.2) is 11.5 Å². The van der Waals surface area contributed by atoms with Crippen molar-refractivity contribution in [1.82, 2.24) is 5.32 Å². The minimum atomic E-state index is 0.669. The fraction of sp³-hybridized carbons (Fsp3) is 0.600. The summed E-state index contributed by atoms with van der Waals surface area (Å²) in [5, 5.41) is 3.14. The number of nitrogens with one attached hydrogen (secondary N) is 1. The molecule has 3 nitrogen and oxygen atoms in total. The van der Waals surface area contributed by atoms with E-state index in [2.05, 4.69) is 17.4 Å². The number of benzene rings is 1. The molecule has 1 aliphatic carbocycles. The Kier molecular flexibility index (Phi) is 4.88. The molecule has 1 fully saturated rings. The van der Waals surface area contributed by atoms with Crippen molar-refractivity contribution >= 4 is 0 Å². The maximum Gasteiger partial charge on any atom is 0.161 e. The van der Waals surface area contributed by atoms with Crippen LogP contribution in [0.1, 0.15) is 31.7 Å². The average Bonchev–Trinajstić information content (AvgIpc) is 2.30. The molecular formula is C15H23NO2. The van der Waals surface area contributed by atoms with Crippen molar-refractivity contribution < 1.29 is 9.47 Å². The van der Waals surface area contributed by atoms with Gasteiger partial charge in [0.25, 0.3) is 0 Å². The molecule has 1 saturated carbocycles. The van der Waals surface area contributed by atoms with Gasteiger partial charge in [-0.3, -0.25) is 0 Å². The molecule has 0 heterocycles. The van der Waals surface area contributed by atoms with Gasteiger partial charge >= 0.3 is 0 Å². The molecule has 0 aliphatic heterocycles. The van der Waals surface area contributed by atoms with Crippen LogP contribution in [0.3, 0.4) is 0 Å². The Hall–Kier alpha value is -1.22. The molecule has 0 aromatic heterocycles. The summed E-state index contributed by atoms with van der Waals surface area (Å²) in [5.41, 5.74) is 1.22. The van der Waals surface area contributed by atoms with Crippen molar-refractivity contribution in [2.75, 3.05) is 20.3 Å². The molecule has 1 aliphatic rings. The fourth-order valence-corrected chi connectivity index (χ4v) is 2.12. The first kappa shape index (κ1) is 13.2. The van der Waals surface area contributed by atoms with E-state index in [1.165, 1.54) is 24.8 Å². The Morgan fingerprint density at radius 2 is 2.06 bits per heavy atom. The normalized spacial score (nSPS) is 15.2. The van der Waals surface area contributed by atoms with Gasteiger partial charge < -0.3 is 14.8 Å². The van der Waals surface area contributed by atoms with Crippen LogP contribution in [0.2, 0.25) is 0 Å². The minimum absolute atomic E-state index is 0.669. The molecule has 0 amide bonds. The highest BCUT2D eigenvalue weighted by Crippen LogP contribution is 2.32. The van der Waals surface area contributed by atoms with Crippen molar-refractivity contribution in [3.8, 4) is 11.5 Å². The molecule has 0 bridgehead atoms. The third kappa shape index (κ3) is 3.39. The number of hydrogen-bond acceptors (Lipinski definition) is 3. The lowest BCUT2D eigenvalue weighted by atomic mass is 9.86. The first-order chi connectivity index (χ1) is 8.83. The molecule has 3 heteroatoms. The van der Waals surface area contributed by atoms with E-state index in [-0.39, 0.29) is 0 Å². The monoisotopic (exact) mass is 249 g/mol. The zero-order valence-corrected chi connectivity index (χ0v) is 11.4. The summed E-state index contributed by atoms with van der Waals surface area (Å²) >= 11 is 0. The fourth-order valence-electron chi connectivity index (χ4n) is 2.12. The first-order valence-electron chi connectivity index (χ1n) is 6.86. The van der Waals surface area contributed by atoms with E-state index in [1.807, 2.05) is 20.0 Å². The van der Waals surface area contributed by atoms with Crippen LogP contribution >= 0.6 is 0 Å². The number of ether oxygens (including phenoxy) is 2. The zero-order valence-electron chi connectivity index (χ0n) is 11.4. The summed E-state index contributed by atoms with van der Waals surface area (Å²) in [6, 6.07) is 6.18. The molecule has 0 saturated heterocycles. The van der Waals surface area contributed by atoms with Crippen molar-refractivity contribution in [2.45, 2.75) is 32.7 Å². The van der Waals surface area contributed by atoms with Crippen LogP contribution in [-0.4, -0.2) is 20.3 Å². The third-order valence-corrected chi connectivity index (χ3v) is 3.39. The summed E-state index contributed by atoms with van der Waals surface area (Å²) in [4.78, 5) is 0. The van der Waals surface area contributed by atoms with Crippen LogP contribution < -0.4 is 14.8 Å². The lowest BCUT2D eigenvalue weighted by Gasteiger charge is -2.25. The predicted molar refractivity (Wildman–Crippen MR) is 73.2 cm³/mol. The van der Waals surface area contributed by atoms with Crippen LogP contribution in [0.15, 0.2) is 18.2 Å². The van der Waals surface area contributed by atoms with Gasteiger partial charge in [-0.05, 0) is 50.4 Å². The molecule has 18 heavy (non-hydrogen) atoms. The van der Waals surface area contributed by atoms with Gasteiger partial charge in [0.2, 0.25) is 0 Å². The highest BCUT2D eigenvalue weighted by atomic mass is 16.5. The Morgan fingerprint density at radius 3 is 2.67 bits per heavy atom. The topological polar surface area (TPSA) is 30.5 Å². The van der Waals surface area contributed by atoms with Gasteiger partial charge in [-0.1, -0.05) is 12.5 Å². The maximum absolute atomic E-state index is 5.88. The molecule has 1 N–H and O–H groups in total. The van der Waals surface area contributed by atoms with E-state index >= 15 is 0 Å². The maximum atomic E-state index is 5.88. The van der Waals surface area contributed by atoms with Crippen molar-refractivity contribution in [3.05, 3.63) is 23.8 Å². The molecule has 100 valence electrons. The lowest BCUT2D eigenvalue weighted by molar-refractivity contribution is 0.174. The lowest BCUT2D eigenvalue weighted by Crippen LogP contribution is -2.19. The molecule has 0 spiro atoms. The molecule has 2 rings (SSSR count). The molecular weight excluding hydrogens is 226 g/mol. The van der Waals surface area contributed by atoms with Crippen LogP contribution in [0.25, 0.3) is 0 Å². The van der Waals surface area contributed by atoms with Crippen LogP contribution in [0.4, 0.5) is 0 Å². The van der Waals surface area contributed by atoms with E-state index in [0.29, 0.717) is 6.61 Å². The van der Waals surface area contributed by atoms with E-state index in [1.54, 1.807) is 0 Å². The molecule has 0 unspecified atom stereocenters. The summed E-state index contributed by atoms with van der Waals surface area (Å²) < 4.78 is 11.5. The predicted octanol–water partition coefficient (Wildman–Crippen LogP) is 2.98. The van der Waals surface area contributed by atoms with Crippen LogP contribution in [-0.2, 0) is 6.54 Å². The molecule has 0 radical (unpaired) electrons. The van der Waals surface area contributed by atoms with Gasteiger partial charge in [0.1, 0.15) is 0 Å². The summed E-state index contributed by atoms with van der Waals surface area (Å²) in [7, 11) is 1.95. The number of rotatable bonds is 7. The van der Waals surface area contributed by atoms with Crippen LogP contribution in [0.5, 0.6) is 11.5 Å². The van der Waals surface area contributed by atoms with Gasteiger partial charge in [-0.25, -0.2) is 0 Å². The SMILES string of the molecule is CCOc1cc(CNC)ccc1OCC1CCC1. The Bertz CT molecular complexity index is 375. The van der Waals surface area contributed by atoms with Gasteiger partial charge in [0.05, 0.1) is 13.2 Å². The second-order valence-corrected chi connectivity index (χ2v) is 4.85. The standard InChI is InChI=1S/C15H23NO2/c1-3-17-15-9-13(10-16-2)7-8-14(15)18-11-12-5-4-6-12/h7-9,12,16H,3-6,10-11H2,1-2H3. The molecule has 0 atom stereocenters. The minimum Gasteiger partial charge on any atom is -0.490 e. The third-order valence-electron chi connectivity index (χ3n) is 3.39. The molecule has 1 aromatic carbocycles. The van der Waals surface area contributed by atoms with Crippen molar-refractivity contribution in [1.29, 1.82) is 0 Å². The Balaban J connectivity index is 2.01. The van der Waals surface area contributed by atoms with Gasteiger partial charge in [0, 0.05) is 6.54 Å². The second kappa shape index (κ2) is 6.64. The summed E-state index contributed by atoms with van der Waals surface area (Å²) in [6.45, 7) is 4.34. The highest BCUT2D eigenvalue weighted by molar-refractivity contribution is 5.43. The first-order valence-corrected chi connectivity index (χ1v) is 6.86. The van der Waals surface area contributed by atoms with E-state index in [0.717, 1.165) is 30.6 Å².